The van der Waals surface area contributed by atoms with Gasteiger partial charge in [-0.2, -0.15) is 0 Å². The number of sulfonamides is 1. The standard InChI is InChI=1S/C11H12F3NO5S/c1-6-2-7(3-8(9(6)12)10(17)18)21(19,20)15-4-11(13,14)5-16/h2-3,15-16H,4-5H2,1H3,(H,17,18). The van der Waals surface area contributed by atoms with Crippen LogP contribution in [-0.4, -0.2) is 43.7 Å². The average molecular weight is 327 g/mol. The molecule has 1 aromatic rings. The number of aromatic carboxylic acids is 1. The number of hydrogen-bond acceptors (Lipinski definition) is 4. The van der Waals surface area contributed by atoms with E-state index in [0.29, 0.717) is 6.07 Å². The molecule has 21 heavy (non-hydrogen) atoms. The van der Waals surface area contributed by atoms with Crippen LogP contribution >= 0.6 is 0 Å². The summed E-state index contributed by atoms with van der Waals surface area (Å²) in [7, 11) is -4.47. The molecule has 10 heteroatoms. The molecular weight excluding hydrogens is 315 g/mol. The van der Waals surface area contributed by atoms with Gasteiger partial charge >= 0.3 is 5.97 Å². The quantitative estimate of drug-likeness (QED) is 0.715. The number of rotatable bonds is 6. The highest BCUT2D eigenvalue weighted by Crippen LogP contribution is 2.20. The van der Waals surface area contributed by atoms with Crippen molar-refractivity contribution in [2.75, 3.05) is 13.2 Å². The monoisotopic (exact) mass is 327 g/mol. The third-order valence-electron chi connectivity index (χ3n) is 2.52. The summed E-state index contributed by atoms with van der Waals surface area (Å²) in [5.74, 6) is -6.46. The van der Waals surface area contributed by atoms with E-state index >= 15 is 0 Å². The molecule has 0 saturated carbocycles. The fourth-order valence-corrected chi connectivity index (χ4v) is 2.56. The van der Waals surface area contributed by atoms with Crippen LogP contribution in [0.4, 0.5) is 13.2 Å². The largest absolute Gasteiger partial charge is 0.478 e. The molecule has 0 bridgehead atoms. The molecule has 0 heterocycles. The molecule has 0 radical (unpaired) electrons. The third kappa shape index (κ3) is 4.16. The Balaban J connectivity index is 3.18. The van der Waals surface area contributed by atoms with E-state index in [1.807, 2.05) is 0 Å². The Morgan fingerprint density at radius 1 is 1.38 bits per heavy atom. The number of aryl methyl sites for hydroxylation is 1. The molecule has 0 amide bonds. The molecule has 0 spiro atoms. The lowest BCUT2D eigenvalue weighted by Crippen LogP contribution is -2.39. The van der Waals surface area contributed by atoms with Crippen molar-refractivity contribution in [3.05, 3.63) is 29.1 Å². The maximum absolute atomic E-state index is 13.5. The van der Waals surface area contributed by atoms with Gasteiger partial charge in [-0.15, -0.1) is 0 Å². The van der Waals surface area contributed by atoms with Crippen molar-refractivity contribution < 1.29 is 36.6 Å². The lowest BCUT2D eigenvalue weighted by atomic mass is 10.1. The highest BCUT2D eigenvalue weighted by Gasteiger charge is 2.31. The van der Waals surface area contributed by atoms with Crippen LogP contribution in [0.5, 0.6) is 0 Å². The summed E-state index contributed by atoms with van der Waals surface area (Å²) >= 11 is 0. The average Bonchev–Trinajstić information content (AvgIpc) is 2.39. The first-order valence-electron chi connectivity index (χ1n) is 5.52. The number of halogens is 3. The highest BCUT2D eigenvalue weighted by molar-refractivity contribution is 7.89. The van der Waals surface area contributed by atoms with Crippen LogP contribution in [0, 0.1) is 12.7 Å². The molecule has 0 atom stereocenters. The minimum absolute atomic E-state index is 0.260. The topological polar surface area (TPSA) is 104 Å². The van der Waals surface area contributed by atoms with Crippen LogP contribution in [0.2, 0.25) is 0 Å². The number of carboxylic acid groups (broad SMARTS) is 1. The van der Waals surface area contributed by atoms with E-state index in [1.165, 1.54) is 4.72 Å². The normalized spacial score (nSPS) is 12.4. The minimum Gasteiger partial charge on any atom is -0.478 e. The number of benzene rings is 1. The van der Waals surface area contributed by atoms with Gasteiger partial charge in [0.15, 0.2) is 0 Å². The number of aliphatic hydroxyl groups excluding tert-OH is 1. The van der Waals surface area contributed by atoms with Gasteiger partial charge in [-0.1, -0.05) is 0 Å². The van der Waals surface area contributed by atoms with Gasteiger partial charge in [0.1, 0.15) is 12.4 Å². The van der Waals surface area contributed by atoms with E-state index in [4.69, 9.17) is 10.2 Å². The van der Waals surface area contributed by atoms with Crippen molar-refractivity contribution >= 4 is 16.0 Å². The van der Waals surface area contributed by atoms with Crippen LogP contribution in [0.15, 0.2) is 17.0 Å². The van der Waals surface area contributed by atoms with E-state index in [1.54, 1.807) is 0 Å². The Hall–Kier alpha value is -1.65. The van der Waals surface area contributed by atoms with Crippen LogP contribution in [0.3, 0.4) is 0 Å². The number of carboxylic acids is 1. The molecule has 0 aliphatic carbocycles. The summed E-state index contributed by atoms with van der Waals surface area (Å²) in [5.41, 5.74) is -1.14. The number of alkyl halides is 2. The fraction of sp³-hybridized carbons (Fsp3) is 0.364. The van der Waals surface area contributed by atoms with Gasteiger partial charge in [0.05, 0.1) is 17.0 Å². The first-order valence-corrected chi connectivity index (χ1v) is 7.00. The smallest absolute Gasteiger partial charge is 0.338 e. The van der Waals surface area contributed by atoms with Gasteiger partial charge in [0.25, 0.3) is 5.92 Å². The lowest BCUT2D eigenvalue weighted by Gasteiger charge is -2.15. The van der Waals surface area contributed by atoms with E-state index < -0.39 is 51.3 Å². The molecule has 0 unspecified atom stereocenters. The Labute approximate surface area is 118 Å². The molecule has 3 N–H and O–H groups in total. The molecule has 0 aliphatic heterocycles. The van der Waals surface area contributed by atoms with Crippen molar-refractivity contribution in [2.45, 2.75) is 17.7 Å². The Morgan fingerprint density at radius 3 is 2.43 bits per heavy atom. The Bertz CT molecular complexity index is 660. The van der Waals surface area contributed by atoms with E-state index in [2.05, 4.69) is 0 Å². The second-order valence-corrected chi connectivity index (χ2v) is 6.01. The molecule has 6 nitrogen and oxygen atoms in total. The Morgan fingerprint density at radius 2 is 1.95 bits per heavy atom. The summed E-state index contributed by atoms with van der Waals surface area (Å²) in [6.45, 7) is -1.79. The van der Waals surface area contributed by atoms with Crippen molar-refractivity contribution in [1.82, 2.24) is 4.72 Å². The SMILES string of the molecule is Cc1cc(S(=O)(=O)NCC(F)(F)CO)cc(C(=O)O)c1F. The molecule has 0 saturated heterocycles. The fourth-order valence-electron chi connectivity index (χ4n) is 1.39. The van der Waals surface area contributed by atoms with Gasteiger partial charge in [0, 0.05) is 0 Å². The molecule has 0 fully saturated rings. The van der Waals surface area contributed by atoms with Crippen LogP contribution in [0.25, 0.3) is 0 Å². The van der Waals surface area contributed by atoms with E-state index in [-0.39, 0.29) is 5.56 Å². The van der Waals surface area contributed by atoms with E-state index in [0.717, 1.165) is 13.0 Å². The van der Waals surface area contributed by atoms with Crippen LogP contribution in [0.1, 0.15) is 15.9 Å². The number of nitrogens with one attached hydrogen (secondary N) is 1. The molecule has 1 aromatic carbocycles. The number of hydrogen-bond donors (Lipinski definition) is 3. The summed E-state index contributed by atoms with van der Waals surface area (Å²) < 4.78 is 64.2. The van der Waals surface area contributed by atoms with Gasteiger partial charge in [-0.05, 0) is 24.6 Å². The van der Waals surface area contributed by atoms with Gasteiger partial charge in [-0.25, -0.2) is 31.1 Å². The molecular formula is C11H12F3NO5S. The summed E-state index contributed by atoms with van der Waals surface area (Å²) in [6, 6.07) is 1.35. The van der Waals surface area contributed by atoms with Crippen molar-refractivity contribution in [3.63, 3.8) is 0 Å². The Kier molecular flexibility index (Phi) is 4.97. The van der Waals surface area contributed by atoms with Gasteiger partial charge in [-0.3, -0.25) is 0 Å². The maximum atomic E-state index is 13.5. The predicted octanol–water partition coefficient (Wildman–Crippen LogP) is 0.738. The lowest BCUT2D eigenvalue weighted by molar-refractivity contribution is -0.0437. The minimum atomic E-state index is -4.47. The zero-order valence-electron chi connectivity index (χ0n) is 10.7. The van der Waals surface area contributed by atoms with Gasteiger partial charge in [0.2, 0.25) is 10.0 Å². The van der Waals surface area contributed by atoms with Crippen molar-refractivity contribution in [1.29, 1.82) is 0 Å². The summed E-state index contributed by atoms with van der Waals surface area (Å²) in [5, 5.41) is 17.1. The van der Waals surface area contributed by atoms with E-state index in [9.17, 15) is 26.4 Å². The molecule has 0 aromatic heterocycles. The summed E-state index contributed by atoms with van der Waals surface area (Å²) in [4.78, 5) is 10.1. The highest BCUT2D eigenvalue weighted by atomic mass is 32.2. The van der Waals surface area contributed by atoms with Crippen molar-refractivity contribution in [2.24, 2.45) is 0 Å². The molecule has 0 aliphatic rings. The first kappa shape index (κ1) is 17.4. The number of carbonyl (C=O) groups is 1. The predicted molar refractivity (Wildman–Crippen MR) is 65.3 cm³/mol. The maximum Gasteiger partial charge on any atom is 0.338 e. The molecule has 118 valence electrons. The van der Waals surface area contributed by atoms with Crippen LogP contribution < -0.4 is 4.72 Å². The van der Waals surface area contributed by atoms with Crippen molar-refractivity contribution in [3.8, 4) is 0 Å². The third-order valence-corrected chi connectivity index (χ3v) is 3.90. The number of aliphatic hydroxyl groups is 1. The van der Waals surface area contributed by atoms with Gasteiger partial charge < -0.3 is 10.2 Å². The second kappa shape index (κ2) is 6.00. The second-order valence-electron chi connectivity index (χ2n) is 4.25. The summed E-state index contributed by atoms with van der Waals surface area (Å²) in [6.07, 6.45) is 0. The zero-order chi connectivity index (χ0) is 16.4. The zero-order valence-corrected chi connectivity index (χ0v) is 11.5. The first-order chi connectivity index (χ1) is 9.50. The van der Waals surface area contributed by atoms with Crippen LogP contribution in [-0.2, 0) is 10.0 Å². The molecule has 1 rings (SSSR count).